The van der Waals surface area contributed by atoms with E-state index in [0.717, 1.165) is 5.56 Å². The van der Waals surface area contributed by atoms with Crippen molar-refractivity contribution in [2.24, 2.45) is 0 Å². The van der Waals surface area contributed by atoms with Gasteiger partial charge in [0.15, 0.2) is 0 Å². The van der Waals surface area contributed by atoms with Crippen molar-refractivity contribution in [2.45, 2.75) is 39.4 Å². The second kappa shape index (κ2) is 6.32. The highest BCUT2D eigenvalue weighted by Crippen LogP contribution is 2.40. The molecule has 0 saturated heterocycles. The van der Waals surface area contributed by atoms with Crippen molar-refractivity contribution in [3.05, 3.63) is 67.2 Å². The third-order valence-corrected chi connectivity index (χ3v) is 5.91. The van der Waals surface area contributed by atoms with E-state index in [0.29, 0.717) is 10.0 Å². The van der Waals surface area contributed by atoms with E-state index in [1.54, 1.807) is 6.07 Å². The first kappa shape index (κ1) is 16.9. The van der Waals surface area contributed by atoms with E-state index in [1.807, 2.05) is 12.1 Å². The van der Waals surface area contributed by atoms with Crippen molar-refractivity contribution in [3.63, 3.8) is 0 Å². The highest BCUT2D eigenvalue weighted by molar-refractivity contribution is 9.09. The third-order valence-electron chi connectivity index (χ3n) is 4.49. The molecule has 2 rings (SSSR count). The Morgan fingerprint density at radius 2 is 1.10 bits per heavy atom. The van der Waals surface area contributed by atoms with Gasteiger partial charge < -0.3 is 0 Å². The van der Waals surface area contributed by atoms with Gasteiger partial charge >= 0.3 is 0 Å². The Balaban J connectivity index is 2.66. The van der Waals surface area contributed by atoms with Crippen molar-refractivity contribution in [1.82, 2.24) is 0 Å². The van der Waals surface area contributed by atoms with E-state index in [2.05, 4.69) is 50.5 Å². The van der Waals surface area contributed by atoms with Crippen LogP contribution in [0.15, 0.2) is 18.2 Å². The summed E-state index contributed by atoms with van der Waals surface area (Å²) in [5, 5.41) is 1.33. The summed E-state index contributed by atoms with van der Waals surface area (Å²) in [6.07, 6.45) is 0. The summed E-state index contributed by atoms with van der Waals surface area (Å²) < 4.78 is 0. The van der Waals surface area contributed by atoms with Gasteiger partial charge in [0.05, 0.1) is 4.83 Å². The van der Waals surface area contributed by atoms with E-state index in [-0.39, 0.29) is 4.83 Å². The Kier molecular flexibility index (Phi) is 5.07. The summed E-state index contributed by atoms with van der Waals surface area (Å²) in [5.74, 6) is 0. The van der Waals surface area contributed by atoms with Crippen LogP contribution in [0.2, 0.25) is 10.0 Å². The van der Waals surface area contributed by atoms with Gasteiger partial charge in [-0.25, -0.2) is 0 Å². The van der Waals surface area contributed by atoms with Crippen LogP contribution in [0.4, 0.5) is 0 Å². The lowest BCUT2D eigenvalue weighted by molar-refractivity contribution is 1.06. The van der Waals surface area contributed by atoms with Crippen LogP contribution >= 0.6 is 39.1 Å². The second-order valence-electron chi connectivity index (χ2n) is 5.60. The highest BCUT2D eigenvalue weighted by Gasteiger charge is 2.20. The molecule has 0 N–H and O–H groups in total. The standard InChI is InChI=1S/C18H19BrCl2/c1-9-10(2)12(4)17(13(5)11(9)3)18(19)14-6-15(20)8-16(21)7-14/h6-8,18H,1-5H3. The van der Waals surface area contributed by atoms with Crippen molar-refractivity contribution in [3.8, 4) is 0 Å². The van der Waals surface area contributed by atoms with Crippen LogP contribution in [0, 0.1) is 34.6 Å². The number of hydrogen-bond donors (Lipinski definition) is 0. The Labute approximate surface area is 145 Å². The minimum absolute atomic E-state index is 0.0895. The molecule has 0 aliphatic carbocycles. The van der Waals surface area contributed by atoms with Gasteiger partial charge in [0.1, 0.15) is 0 Å². The van der Waals surface area contributed by atoms with Gasteiger partial charge in [-0.15, -0.1) is 0 Å². The fraction of sp³-hybridized carbons (Fsp3) is 0.333. The maximum Gasteiger partial charge on any atom is 0.0650 e. The van der Waals surface area contributed by atoms with Crippen LogP contribution in [0.25, 0.3) is 0 Å². The van der Waals surface area contributed by atoms with Gasteiger partial charge in [-0.3, -0.25) is 0 Å². The molecule has 0 aliphatic rings. The molecule has 0 amide bonds. The fourth-order valence-electron chi connectivity index (χ4n) is 2.80. The molecular formula is C18H19BrCl2. The van der Waals surface area contributed by atoms with Crippen LogP contribution in [0.5, 0.6) is 0 Å². The van der Waals surface area contributed by atoms with Crippen molar-refractivity contribution < 1.29 is 0 Å². The minimum Gasteiger partial charge on any atom is -0.0843 e. The predicted octanol–water partition coefficient (Wildman–Crippen LogP) is 7.02. The Morgan fingerprint density at radius 3 is 1.52 bits per heavy atom. The first-order valence-corrected chi connectivity index (χ1v) is 8.58. The maximum atomic E-state index is 6.14. The SMILES string of the molecule is Cc1c(C)c(C)c(C(Br)c2cc(Cl)cc(Cl)c2)c(C)c1C. The largest absolute Gasteiger partial charge is 0.0843 e. The zero-order valence-corrected chi connectivity index (χ0v) is 16.0. The molecule has 1 atom stereocenters. The lowest BCUT2D eigenvalue weighted by atomic mass is 9.87. The monoisotopic (exact) mass is 384 g/mol. The minimum atomic E-state index is 0.0895. The fourth-order valence-corrected chi connectivity index (χ4v) is 4.29. The number of halogens is 3. The van der Waals surface area contributed by atoms with Crippen molar-refractivity contribution >= 4 is 39.1 Å². The van der Waals surface area contributed by atoms with E-state index in [9.17, 15) is 0 Å². The van der Waals surface area contributed by atoms with Crippen LogP contribution < -0.4 is 0 Å². The summed E-state index contributed by atoms with van der Waals surface area (Å²) >= 11 is 16.1. The van der Waals surface area contributed by atoms with Gasteiger partial charge in [-0.1, -0.05) is 39.1 Å². The first-order chi connectivity index (χ1) is 9.73. The Morgan fingerprint density at radius 1 is 0.714 bits per heavy atom. The van der Waals surface area contributed by atoms with Crippen LogP contribution in [-0.2, 0) is 0 Å². The molecule has 2 aromatic carbocycles. The molecule has 21 heavy (non-hydrogen) atoms. The van der Waals surface area contributed by atoms with E-state index >= 15 is 0 Å². The van der Waals surface area contributed by atoms with Crippen LogP contribution in [0.3, 0.4) is 0 Å². The molecule has 1 unspecified atom stereocenters. The molecule has 0 radical (unpaired) electrons. The molecule has 112 valence electrons. The molecule has 0 fully saturated rings. The summed E-state index contributed by atoms with van der Waals surface area (Å²) in [6, 6.07) is 5.70. The highest BCUT2D eigenvalue weighted by atomic mass is 79.9. The van der Waals surface area contributed by atoms with Crippen LogP contribution in [-0.4, -0.2) is 0 Å². The van der Waals surface area contributed by atoms with Gasteiger partial charge in [0.25, 0.3) is 0 Å². The van der Waals surface area contributed by atoms with Crippen LogP contribution in [0.1, 0.15) is 43.8 Å². The lowest BCUT2D eigenvalue weighted by Crippen LogP contribution is -2.05. The molecule has 0 heterocycles. The molecule has 2 aromatic rings. The molecule has 0 aliphatic heterocycles. The normalized spacial score (nSPS) is 12.6. The first-order valence-electron chi connectivity index (χ1n) is 6.91. The Bertz CT molecular complexity index is 656. The quantitative estimate of drug-likeness (QED) is 0.487. The smallest absolute Gasteiger partial charge is 0.0650 e. The molecule has 0 nitrogen and oxygen atoms in total. The molecule has 0 bridgehead atoms. The maximum absolute atomic E-state index is 6.14. The lowest BCUT2D eigenvalue weighted by Gasteiger charge is -2.23. The van der Waals surface area contributed by atoms with Crippen molar-refractivity contribution in [2.75, 3.05) is 0 Å². The molecule has 3 heteroatoms. The zero-order valence-electron chi connectivity index (χ0n) is 12.9. The number of hydrogen-bond acceptors (Lipinski definition) is 0. The van der Waals surface area contributed by atoms with Gasteiger partial charge in [0, 0.05) is 10.0 Å². The second-order valence-corrected chi connectivity index (χ2v) is 7.39. The Hall–Kier alpha value is -0.500. The summed E-state index contributed by atoms with van der Waals surface area (Å²) in [6.45, 7) is 10.9. The summed E-state index contributed by atoms with van der Waals surface area (Å²) in [7, 11) is 0. The average molecular weight is 386 g/mol. The van der Waals surface area contributed by atoms with Gasteiger partial charge in [-0.05, 0) is 91.8 Å². The number of alkyl halides is 1. The van der Waals surface area contributed by atoms with E-state index in [1.165, 1.54) is 33.4 Å². The zero-order chi connectivity index (χ0) is 15.9. The molecular weight excluding hydrogens is 367 g/mol. The molecule has 0 spiro atoms. The topological polar surface area (TPSA) is 0 Å². The molecule has 0 aromatic heterocycles. The number of benzene rings is 2. The average Bonchev–Trinajstić information content (AvgIpc) is 2.42. The van der Waals surface area contributed by atoms with Crippen molar-refractivity contribution in [1.29, 1.82) is 0 Å². The van der Waals surface area contributed by atoms with E-state index in [4.69, 9.17) is 23.2 Å². The third kappa shape index (κ3) is 3.16. The number of rotatable bonds is 2. The summed E-state index contributed by atoms with van der Waals surface area (Å²) in [5.41, 5.74) is 9.13. The van der Waals surface area contributed by atoms with Gasteiger partial charge in [0.2, 0.25) is 0 Å². The van der Waals surface area contributed by atoms with E-state index < -0.39 is 0 Å². The van der Waals surface area contributed by atoms with Gasteiger partial charge in [-0.2, -0.15) is 0 Å². The molecule has 0 saturated carbocycles. The predicted molar refractivity (Wildman–Crippen MR) is 97.4 cm³/mol. The summed E-state index contributed by atoms with van der Waals surface area (Å²) in [4.78, 5) is 0.0895.